The second-order valence-electron chi connectivity index (χ2n) is 5.52. The van der Waals surface area contributed by atoms with Crippen LogP contribution in [0.5, 0.6) is 0 Å². The minimum Gasteiger partial charge on any atom is -0.378 e. The van der Waals surface area contributed by atoms with Crippen molar-refractivity contribution < 1.29 is 13.2 Å². The SMILES string of the molecule is CN(C)S(=O)(=O)N1CCc2ccc(N3CCOCC3)cc21. The fraction of sp³-hybridized carbons (Fsp3) is 0.571. The number of nitrogens with zero attached hydrogens (tertiary/aromatic N) is 3. The number of hydrogen-bond acceptors (Lipinski definition) is 4. The average molecular weight is 311 g/mol. The third-order valence-corrected chi connectivity index (χ3v) is 5.90. The molecule has 0 bridgehead atoms. The van der Waals surface area contributed by atoms with Crippen LogP contribution in [0.3, 0.4) is 0 Å². The third-order valence-electron chi connectivity index (χ3n) is 4.04. The van der Waals surface area contributed by atoms with Crippen molar-refractivity contribution in [3.63, 3.8) is 0 Å². The summed E-state index contributed by atoms with van der Waals surface area (Å²) in [5.41, 5.74) is 2.98. The second-order valence-corrected chi connectivity index (χ2v) is 7.59. The summed E-state index contributed by atoms with van der Waals surface area (Å²) in [6, 6.07) is 6.12. The molecule has 2 aliphatic rings. The lowest BCUT2D eigenvalue weighted by Crippen LogP contribution is -2.39. The van der Waals surface area contributed by atoms with Crippen molar-refractivity contribution in [1.29, 1.82) is 0 Å². The van der Waals surface area contributed by atoms with Crippen molar-refractivity contribution in [3.8, 4) is 0 Å². The molecular weight excluding hydrogens is 290 g/mol. The molecule has 7 heteroatoms. The molecule has 2 heterocycles. The summed E-state index contributed by atoms with van der Waals surface area (Å²) in [5, 5.41) is 0. The molecule has 0 aromatic heterocycles. The zero-order chi connectivity index (χ0) is 15.0. The van der Waals surface area contributed by atoms with E-state index >= 15 is 0 Å². The average Bonchev–Trinajstić information content (AvgIpc) is 2.91. The van der Waals surface area contributed by atoms with E-state index in [4.69, 9.17) is 4.74 Å². The van der Waals surface area contributed by atoms with Gasteiger partial charge in [-0.3, -0.25) is 4.31 Å². The van der Waals surface area contributed by atoms with Crippen LogP contribution in [-0.2, 0) is 21.4 Å². The fourth-order valence-corrected chi connectivity index (χ4v) is 3.93. The number of morpholine rings is 1. The molecule has 3 rings (SSSR count). The van der Waals surface area contributed by atoms with E-state index < -0.39 is 10.2 Å². The van der Waals surface area contributed by atoms with Gasteiger partial charge < -0.3 is 9.64 Å². The maximum absolute atomic E-state index is 12.4. The molecular formula is C14H21N3O3S. The maximum Gasteiger partial charge on any atom is 0.303 e. The molecule has 1 aromatic rings. The summed E-state index contributed by atoms with van der Waals surface area (Å²) in [7, 11) is -0.277. The Morgan fingerprint density at radius 1 is 1.14 bits per heavy atom. The predicted octanol–water partition coefficient (Wildman–Crippen LogP) is 0.692. The van der Waals surface area contributed by atoms with E-state index in [1.165, 1.54) is 8.61 Å². The van der Waals surface area contributed by atoms with Crippen LogP contribution in [-0.4, -0.2) is 59.7 Å². The van der Waals surface area contributed by atoms with Gasteiger partial charge in [0.25, 0.3) is 0 Å². The van der Waals surface area contributed by atoms with Crippen LogP contribution in [0, 0.1) is 0 Å². The monoisotopic (exact) mass is 311 g/mol. The van der Waals surface area contributed by atoms with Crippen LogP contribution in [0.4, 0.5) is 11.4 Å². The highest BCUT2D eigenvalue weighted by Crippen LogP contribution is 2.34. The van der Waals surface area contributed by atoms with Gasteiger partial charge in [-0.2, -0.15) is 12.7 Å². The molecule has 1 fully saturated rings. The van der Waals surface area contributed by atoms with Crippen molar-refractivity contribution in [2.24, 2.45) is 0 Å². The van der Waals surface area contributed by atoms with Gasteiger partial charge in [0.1, 0.15) is 0 Å². The van der Waals surface area contributed by atoms with Gasteiger partial charge in [-0.15, -0.1) is 0 Å². The number of hydrogen-bond donors (Lipinski definition) is 0. The maximum atomic E-state index is 12.4. The summed E-state index contributed by atoms with van der Waals surface area (Å²) in [6.45, 7) is 3.65. The summed E-state index contributed by atoms with van der Waals surface area (Å²) >= 11 is 0. The Morgan fingerprint density at radius 3 is 2.52 bits per heavy atom. The molecule has 2 aliphatic heterocycles. The van der Waals surface area contributed by atoms with E-state index in [-0.39, 0.29) is 0 Å². The first-order valence-electron chi connectivity index (χ1n) is 7.16. The Labute approximate surface area is 126 Å². The molecule has 0 atom stereocenters. The highest BCUT2D eigenvalue weighted by molar-refractivity contribution is 7.90. The Kier molecular flexibility index (Phi) is 3.81. The van der Waals surface area contributed by atoms with E-state index in [1.807, 2.05) is 12.1 Å². The molecule has 0 unspecified atom stereocenters. The number of fused-ring (bicyclic) bond motifs is 1. The van der Waals surface area contributed by atoms with Gasteiger partial charge in [-0.25, -0.2) is 0 Å². The topological polar surface area (TPSA) is 53.1 Å². The molecule has 0 radical (unpaired) electrons. The van der Waals surface area contributed by atoms with Gasteiger partial charge in [0.2, 0.25) is 0 Å². The molecule has 116 valence electrons. The van der Waals surface area contributed by atoms with Crippen LogP contribution in [0.1, 0.15) is 5.56 Å². The van der Waals surface area contributed by atoms with Crippen LogP contribution in [0.15, 0.2) is 18.2 Å². The molecule has 21 heavy (non-hydrogen) atoms. The van der Waals surface area contributed by atoms with Crippen molar-refractivity contribution in [2.75, 3.05) is 56.1 Å². The van der Waals surface area contributed by atoms with Gasteiger partial charge in [0, 0.05) is 39.4 Å². The van der Waals surface area contributed by atoms with Crippen LogP contribution >= 0.6 is 0 Å². The molecule has 0 amide bonds. The van der Waals surface area contributed by atoms with E-state index in [2.05, 4.69) is 11.0 Å². The van der Waals surface area contributed by atoms with Crippen LogP contribution in [0.2, 0.25) is 0 Å². The summed E-state index contributed by atoms with van der Waals surface area (Å²) < 4.78 is 32.9. The summed E-state index contributed by atoms with van der Waals surface area (Å²) in [6.07, 6.45) is 0.770. The van der Waals surface area contributed by atoms with E-state index in [1.54, 1.807) is 14.1 Å². The Balaban J connectivity index is 1.94. The zero-order valence-electron chi connectivity index (χ0n) is 12.4. The lowest BCUT2D eigenvalue weighted by molar-refractivity contribution is 0.122. The largest absolute Gasteiger partial charge is 0.378 e. The van der Waals surface area contributed by atoms with Crippen LogP contribution < -0.4 is 9.21 Å². The standard InChI is InChI=1S/C14H21N3O3S/c1-15(2)21(18,19)17-6-5-12-3-4-13(11-14(12)17)16-7-9-20-10-8-16/h3-4,11H,5-10H2,1-2H3. The number of rotatable bonds is 3. The minimum absolute atomic E-state index is 0.516. The normalized spacial score (nSPS) is 19.2. The summed E-state index contributed by atoms with van der Waals surface area (Å²) in [5.74, 6) is 0. The molecule has 0 aliphatic carbocycles. The lowest BCUT2D eigenvalue weighted by Gasteiger charge is -2.30. The number of ether oxygens (including phenoxy) is 1. The molecule has 1 aromatic carbocycles. The van der Waals surface area contributed by atoms with Crippen LogP contribution in [0.25, 0.3) is 0 Å². The Morgan fingerprint density at radius 2 is 1.86 bits per heavy atom. The first-order chi connectivity index (χ1) is 10.00. The second kappa shape index (κ2) is 5.47. The van der Waals surface area contributed by atoms with Gasteiger partial charge in [0.15, 0.2) is 0 Å². The Hall–Kier alpha value is -1.31. The van der Waals surface area contributed by atoms with Crippen molar-refractivity contribution in [3.05, 3.63) is 23.8 Å². The number of anilines is 2. The molecule has 0 saturated carbocycles. The van der Waals surface area contributed by atoms with Gasteiger partial charge in [-0.1, -0.05) is 6.07 Å². The summed E-state index contributed by atoms with van der Waals surface area (Å²) in [4.78, 5) is 2.24. The van der Waals surface area contributed by atoms with Crippen molar-refractivity contribution >= 4 is 21.6 Å². The van der Waals surface area contributed by atoms with Gasteiger partial charge >= 0.3 is 10.2 Å². The highest BCUT2D eigenvalue weighted by Gasteiger charge is 2.31. The molecule has 0 N–H and O–H groups in total. The Bertz CT molecular complexity index is 624. The zero-order valence-corrected chi connectivity index (χ0v) is 13.3. The lowest BCUT2D eigenvalue weighted by atomic mass is 10.1. The third kappa shape index (κ3) is 2.61. The van der Waals surface area contributed by atoms with Gasteiger partial charge in [0.05, 0.1) is 18.9 Å². The predicted molar refractivity (Wildman–Crippen MR) is 83.1 cm³/mol. The van der Waals surface area contributed by atoms with E-state index in [9.17, 15) is 8.42 Å². The van der Waals surface area contributed by atoms with Crippen molar-refractivity contribution in [1.82, 2.24) is 4.31 Å². The van der Waals surface area contributed by atoms with Crippen molar-refractivity contribution in [2.45, 2.75) is 6.42 Å². The highest BCUT2D eigenvalue weighted by atomic mass is 32.2. The quantitative estimate of drug-likeness (QED) is 0.824. The number of benzene rings is 1. The van der Waals surface area contributed by atoms with E-state index in [0.717, 1.165) is 49.7 Å². The minimum atomic E-state index is -3.41. The molecule has 6 nitrogen and oxygen atoms in total. The molecule has 1 saturated heterocycles. The fourth-order valence-electron chi connectivity index (χ4n) is 2.79. The van der Waals surface area contributed by atoms with E-state index in [0.29, 0.717) is 6.54 Å². The first-order valence-corrected chi connectivity index (χ1v) is 8.55. The molecule has 0 spiro atoms. The first kappa shape index (κ1) is 14.6. The smallest absolute Gasteiger partial charge is 0.303 e. The van der Waals surface area contributed by atoms with Gasteiger partial charge in [-0.05, 0) is 24.1 Å².